The first-order valence-electron chi connectivity index (χ1n) is 9.08. The highest BCUT2D eigenvalue weighted by Gasteiger charge is 2.37. The van der Waals surface area contributed by atoms with Crippen LogP contribution < -0.4 is 0 Å². The van der Waals surface area contributed by atoms with E-state index >= 15 is 0 Å². The van der Waals surface area contributed by atoms with Gasteiger partial charge in [0, 0.05) is 18.0 Å². The van der Waals surface area contributed by atoms with Crippen molar-refractivity contribution in [2.75, 3.05) is 13.2 Å². The van der Waals surface area contributed by atoms with E-state index in [0.29, 0.717) is 22.4 Å². The molecule has 2 fully saturated rings. The number of fused-ring (bicyclic) bond motifs is 1. The van der Waals surface area contributed by atoms with Gasteiger partial charge in [0.05, 0.1) is 17.0 Å². The number of esters is 1. The van der Waals surface area contributed by atoms with Gasteiger partial charge in [-0.1, -0.05) is 12.8 Å². The molecule has 0 radical (unpaired) electrons. The molecule has 2 aliphatic rings. The predicted molar refractivity (Wildman–Crippen MR) is 96.3 cm³/mol. The van der Waals surface area contributed by atoms with Crippen LogP contribution in [-0.4, -0.2) is 36.0 Å². The summed E-state index contributed by atoms with van der Waals surface area (Å²) in [5, 5.41) is 1.78. The van der Waals surface area contributed by atoms with Crippen molar-refractivity contribution in [1.29, 1.82) is 0 Å². The van der Waals surface area contributed by atoms with Crippen LogP contribution >= 0.6 is 11.3 Å². The minimum Gasteiger partial charge on any atom is -0.460 e. The Kier molecular flexibility index (Phi) is 5.74. The summed E-state index contributed by atoms with van der Waals surface area (Å²) in [5.74, 6) is 0.149. The van der Waals surface area contributed by atoms with E-state index in [9.17, 15) is 9.59 Å². The number of thiophene rings is 1. The average molecular weight is 360 g/mol. The molecule has 1 amide bonds. The Balaban J connectivity index is 1.76. The Hall–Kier alpha value is -1.87. The van der Waals surface area contributed by atoms with Gasteiger partial charge in [-0.15, -0.1) is 11.3 Å². The minimum atomic E-state index is -0.963. The SMILES string of the molecule is [C-]#[N+]C(C(=O)OCC)c1cc(C(=O)N2CCCC3CCCCC32)cs1. The van der Waals surface area contributed by atoms with Crippen molar-refractivity contribution in [3.05, 3.63) is 33.3 Å². The van der Waals surface area contributed by atoms with Gasteiger partial charge >= 0.3 is 12.0 Å². The van der Waals surface area contributed by atoms with Crippen molar-refractivity contribution in [3.63, 3.8) is 0 Å². The Bertz CT molecular complexity index is 676. The Morgan fingerprint density at radius 3 is 2.88 bits per heavy atom. The zero-order chi connectivity index (χ0) is 17.8. The van der Waals surface area contributed by atoms with E-state index in [2.05, 4.69) is 4.85 Å². The number of piperidine rings is 1. The van der Waals surface area contributed by atoms with E-state index in [4.69, 9.17) is 11.3 Å². The maximum absolute atomic E-state index is 13.0. The van der Waals surface area contributed by atoms with Crippen molar-refractivity contribution < 1.29 is 14.3 Å². The van der Waals surface area contributed by atoms with Crippen LogP contribution in [0.1, 0.15) is 66.7 Å². The lowest BCUT2D eigenvalue weighted by Crippen LogP contribution is -2.49. The van der Waals surface area contributed by atoms with Gasteiger partial charge < -0.3 is 9.64 Å². The average Bonchev–Trinajstić information content (AvgIpc) is 3.11. The zero-order valence-electron chi connectivity index (χ0n) is 14.6. The molecule has 1 aliphatic heterocycles. The number of carbonyl (C=O) groups is 2. The number of ether oxygens (including phenoxy) is 1. The number of nitrogens with zero attached hydrogens (tertiary/aromatic N) is 2. The van der Waals surface area contributed by atoms with Crippen LogP contribution in [0.4, 0.5) is 0 Å². The first kappa shape index (κ1) is 17.9. The van der Waals surface area contributed by atoms with Crippen molar-refractivity contribution in [1.82, 2.24) is 4.90 Å². The van der Waals surface area contributed by atoms with Gasteiger partial charge in [-0.25, -0.2) is 11.4 Å². The smallest absolute Gasteiger partial charge is 0.396 e. The molecule has 5 nitrogen and oxygen atoms in total. The highest BCUT2D eigenvalue weighted by atomic mass is 32.1. The first-order valence-corrected chi connectivity index (χ1v) is 9.96. The number of amides is 1. The van der Waals surface area contributed by atoms with Crippen LogP contribution in [0, 0.1) is 12.5 Å². The standard InChI is InChI=1S/C19H24N2O3S/c1-3-24-19(23)17(20-2)16-11-14(12-25-16)18(22)21-10-6-8-13-7-4-5-9-15(13)21/h11-13,15,17H,3-10H2,1H3. The van der Waals surface area contributed by atoms with Crippen LogP contribution in [0.15, 0.2) is 11.4 Å². The molecule has 1 saturated carbocycles. The van der Waals surface area contributed by atoms with E-state index in [-0.39, 0.29) is 12.5 Å². The molecule has 134 valence electrons. The second-order valence-electron chi connectivity index (χ2n) is 6.77. The van der Waals surface area contributed by atoms with Crippen molar-refractivity contribution in [3.8, 4) is 0 Å². The summed E-state index contributed by atoms with van der Waals surface area (Å²) in [7, 11) is 0. The highest BCUT2D eigenvalue weighted by molar-refractivity contribution is 7.10. The quantitative estimate of drug-likeness (QED) is 0.601. The number of hydrogen-bond acceptors (Lipinski definition) is 4. The van der Waals surface area contributed by atoms with Crippen LogP contribution in [-0.2, 0) is 9.53 Å². The lowest BCUT2D eigenvalue weighted by Gasteiger charge is -2.44. The second-order valence-corrected chi connectivity index (χ2v) is 7.72. The predicted octanol–water partition coefficient (Wildman–Crippen LogP) is 4.07. The van der Waals surface area contributed by atoms with E-state index < -0.39 is 12.0 Å². The van der Waals surface area contributed by atoms with E-state index in [1.165, 1.54) is 37.0 Å². The topological polar surface area (TPSA) is 51.0 Å². The van der Waals surface area contributed by atoms with Crippen LogP contribution in [0.3, 0.4) is 0 Å². The molecule has 2 heterocycles. The maximum Gasteiger partial charge on any atom is 0.396 e. The fourth-order valence-corrected chi connectivity index (χ4v) is 5.01. The fraction of sp³-hybridized carbons (Fsp3) is 0.632. The van der Waals surface area contributed by atoms with E-state index in [1.807, 2.05) is 4.90 Å². The summed E-state index contributed by atoms with van der Waals surface area (Å²) in [5.41, 5.74) is 0.601. The zero-order valence-corrected chi connectivity index (χ0v) is 15.4. The molecule has 1 aliphatic carbocycles. The molecule has 1 saturated heterocycles. The normalized spacial score (nSPS) is 24.1. The monoisotopic (exact) mass is 360 g/mol. The van der Waals surface area contributed by atoms with Crippen LogP contribution in [0.5, 0.6) is 0 Å². The lowest BCUT2D eigenvalue weighted by atomic mass is 9.78. The summed E-state index contributed by atoms with van der Waals surface area (Å²) in [4.78, 5) is 31.0. The number of carbonyl (C=O) groups excluding carboxylic acids is 2. The largest absolute Gasteiger partial charge is 0.460 e. The molecule has 3 rings (SSSR count). The molecule has 1 aromatic heterocycles. The summed E-state index contributed by atoms with van der Waals surface area (Å²) in [6.07, 6.45) is 7.09. The summed E-state index contributed by atoms with van der Waals surface area (Å²) in [6.45, 7) is 10.1. The van der Waals surface area contributed by atoms with Gasteiger partial charge in [0.2, 0.25) is 0 Å². The van der Waals surface area contributed by atoms with Crippen molar-refractivity contribution in [2.24, 2.45) is 5.92 Å². The molecular formula is C19H24N2O3S. The Morgan fingerprint density at radius 1 is 1.36 bits per heavy atom. The Labute approximate surface area is 152 Å². The van der Waals surface area contributed by atoms with E-state index in [1.54, 1.807) is 18.4 Å². The molecule has 3 atom stereocenters. The van der Waals surface area contributed by atoms with Gasteiger partial charge in [0.1, 0.15) is 0 Å². The highest BCUT2D eigenvalue weighted by Crippen LogP contribution is 2.36. The molecule has 1 aromatic rings. The van der Waals surface area contributed by atoms with Gasteiger partial charge in [-0.2, -0.15) is 0 Å². The third-order valence-electron chi connectivity index (χ3n) is 5.28. The molecule has 0 bridgehead atoms. The summed E-state index contributed by atoms with van der Waals surface area (Å²) < 4.78 is 4.96. The maximum atomic E-state index is 13.0. The van der Waals surface area contributed by atoms with Gasteiger partial charge in [-0.3, -0.25) is 9.64 Å². The lowest BCUT2D eigenvalue weighted by molar-refractivity contribution is -0.143. The molecule has 0 aromatic carbocycles. The van der Waals surface area contributed by atoms with Crippen LogP contribution in [0.2, 0.25) is 0 Å². The molecule has 0 N–H and O–H groups in total. The number of likely N-dealkylation sites (tertiary alicyclic amines) is 1. The fourth-order valence-electron chi connectivity index (χ4n) is 4.10. The second kappa shape index (κ2) is 8.01. The molecule has 25 heavy (non-hydrogen) atoms. The summed E-state index contributed by atoms with van der Waals surface area (Å²) >= 11 is 1.30. The van der Waals surface area contributed by atoms with Crippen molar-refractivity contribution >= 4 is 23.2 Å². The molecule has 6 heteroatoms. The van der Waals surface area contributed by atoms with Crippen molar-refractivity contribution in [2.45, 2.75) is 57.5 Å². The van der Waals surface area contributed by atoms with Gasteiger partial charge in [0.25, 0.3) is 5.91 Å². The molecular weight excluding hydrogens is 336 g/mol. The van der Waals surface area contributed by atoms with Gasteiger partial charge in [0.15, 0.2) is 0 Å². The third kappa shape index (κ3) is 3.72. The number of hydrogen-bond donors (Lipinski definition) is 0. The Morgan fingerprint density at radius 2 is 2.12 bits per heavy atom. The van der Waals surface area contributed by atoms with E-state index in [0.717, 1.165) is 19.4 Å². The molecule has 0 spiro atoms. The number of rotatable bonds is 4. The van der Waals surface area contributed by atoms with Gasteiger partial charge in [-0.05, 0) is 44.6 Å². The molecule has 3 unspecified atom stereocenters. The first-order chi connectivity index (χ1) is 12.2. The minimum absolute atomic E-state index is 0.0479. The summed E-state index contributed by atoms with van der Waals surface area (Å²) in [6, 6.07) is 1.11. The van der Waals surface area contributed by atoms with Crippen LogP contribution in [0.25, 0.3) is 4.85 Å². The third-order valence-corrected chi connectivity index (χ3v) is 6.26.